The third-order valence-electron chi connectivity index (χ3n) is 7.39. The van der Waals surface area contributed by atoms with Gasteiger partial charge in [0.25, 0.3) is 0 Å². The van der Waals surface area contributed by atoms with E-state index < -0.39 is 0 Å². The second kappa shape index (κ2) is 8.41. The van der Waals surface area contributed by atoms with Gasteiger partial charge in [0.2, 0.25) is 0 Å². The zero-order chi connectivity index (χ0) is 25.1. The van der Waals surface area contributed by atoms with Crippen molar-refractivity contribution in [1.82, 2.24) is 9.55 Å². The van der Waals surface area contributed by atoms with Gasteiger partial charge in [-0.3, -0.25) is 0 Å². The molecule has 0 saturated carbocycles. The van der Waals surface area contributed by atoms with Crippen molar-refractivity contribution in [2.24, 2.45) is 0 Å². The van der Waals surface area contributed by atoms with E-state index in [2.05, 4.69) is 138 Å². The summed E-state index contributed by atoms with van der Waals surface area (Å²) in [4.78, 5) is 5.13. The summed E-state index contributed by atoms with van der Waals surface area (Å²) in [6.07, 6.45) is 0. The van der Waals surface area contributed by atoms with Crippen molar-refractivity contribution in [3.05, 3.63) is 133 Å². The maximum atomic E-state index is 5.13. The molecule has 0 aliphatic heterocycles. The second-order valence-electron chi connectivity index (χ2n) is 9.62. The topological polar surface area (TPSA) is 17.8 Å². The van der Waals surface area contributed by atoms with Crippen LogP contribution in [0.5, 0.6) is 0 Å². The number of para-hydroxylation sites is 1. The van der Waals surface area contributed by atoms with Crippen LogP contribution in [0, 0.1) is 0 Å². The van der Waals surface area contributed by atoms with Gasteiger partial charge in [-0.2, -0.15) is 0 Å². The molecule has 8 aromatic rings. The Hall–Kier alpha value is -4.73. The first-order valence-electron chi connectivity index (χ1n) is 12.8. The Balaban J connectivity index is 1.53. The Morgan fingerprint density at radius 3 is 1.79 bits per heavy atom. The molecule has 0 aliphatic carbocycles. The van der Waals surface area contributed by atoms with Gasteiger partial charge < -0.3 is 4.57 Å². The van der Waals surface area contributed by atoms with Crippen molar-refractivity contribution in [3.63, 3.8) is 0 Å². The van der Waals surface area contributed by atoms with Crippen LogP contribution in [0.25, 0.3) is 70.2 Å². The molecule has 3 heterocycles. The van der Waals surface area contributed by atoms with Crippen LogP contribution in [0.15, 0.2) is 133 Å². The molecular formula is C35H22N2S. The molecule has 0 unspecified atom stereocenters. The van der Waals surface area contributed by atoms with Gasteiger partial charge in [0.15, 0.2) is 0 Å². The fourth-order valence-electron chi connectivity index (χ4n) is 5.66. The summed E-state index contributed by atoms with van der Waals surface area (Å²) in [6, 6.07) is 47.5. The molecule has 5 aromatic carbocycles. The van der Waals surface area contributed by atoms with Gasteiger partial charge in [-0.05, 0) is 24.3 Å². The van der Waals surface area contributed by atoms with Crippen LogP contribution in [-0.4, -0.2) is 9.55 Å². The molecule has 0 atom stereocenters. The van der Waals surface area contributed by atoms with Crippen LogP contribution >= 0.6 is 11.3 Å². The number of hydrogen-bond donors (Lipinski definition) is 0. The van der Waals surface area contributed by atoms with E-state index in [9.17, 15) is 0 Å². The van der Waals surface area contributed by atoms with E-state index >= 15 is 0 Å². The van der Waals surface area contributed by atoms with Crippen molar-refractivity contribution in [2.45, 2.75) is 0 Å². The number of fused-ring (bicyclic) bond motifs is 7. The normalized spacial score (nSPS) is 11.7. The molecule has 0 spiro atoms. The van der Waals surface area contributed by atoms with Gasteiger partial charge in [0, 0.05) is 37.4 Å². The Bertz CT molecular complexity index is 2060. The van der Waals surface area contributed by atoms with Crippen LogP contribution < -0.4 is 0 Å². The molecule has 38 heavy (non-hydrogen) atoms. The van der Waals surface area contributed by atoms with Crippen molar-refractivity contribution in [3.8, 4) is 28.2 Å². The highest BCUT2D eigenvalue weighted by Crippen LogP contribution is 2.43. The van der Waals surface area contributed by atoms with Gasteiger partial charge in [-0.15, -0.1) is 11.3 Å². The van der Waals surface area contributed by atoms with Crippen LogP contribution in [0.2, 0.25) is 0 Å². The number of thiophene rings is 1. The summed E-state index contributed by atoms with van der Waals surface area (Å²) < 4.78 is 5.08. The van der Waals surface area contributed by atoms with E-state index in [-0.39, 0.29) is 0 Å². The average molecular weight is 503 g/mol. The summed E-state index contributed by atoms with van der Waals surface area (Å²) in [7, 11) is 0. The highest BCUT2D eigenvalue weighted by molar-refractivity contribution is 7.26. The second-order valence-corrected chi connectivity index (χ2v) is 10.7. The number of nitrogens with zero attached hydrogens (tertiary/aromatic N) is 2. The molecular weight excluding hydrogens is 480 g/mol. The summed E-state index contributed by atoms with van der Waals surface area (Å²) in [5.41, 5.74) is 7.74. The number of pyridine rings is 1. The molecule has 0 radical (unpaired) electrons. The van der Waals surface area contributed by atoms with Crippen molar-refractivity contribution in [1.29, 1.82) is 0 Å². The Morgan fingerprint density at radius 1 is 0.500 bits per heavy atom. The van der Waals surface area contributed by atoms with Crippen LogP contribution in [0.4, 0.5) is 0 Å². The minimum Gasteiger partial charge on any atom is -0.308 e. The number of rotatable bonds is 3. The quantitative estimate of drug-likeness (QED) is 0.235. The lowest BCUT2D eigenvalue weighted by molar-refractivity contribution is 1.16. The molecule has 0 aliphatic rings. The minimum absolute atomic E-state index is 0.969. The lowest BCUT2D eigenvalue weighted by Gasteiger charge is -2.13. The molecule has 0 saturated heterocycles. The molecule has 8 rings (SSSR count). The molecule has 2 nitrogen and oxygen atoms in total. The van der Waals surface area contributed by atoms with Gasteiger partial charge in [0.05, 0.1) is 32.8 Å². The minimum atomic E-state index is 0.969. The first-order chi connectivity index (χ1) is 18.8. The smallest absolute Gasteiger partial charge is 0.0730 e. The molecule has 0 amide bonds. The summed E-state index contributed by atoms with van der Waals surface area (Å²) in [5.74, 6) is 0. The zero-order valence-corrected chi connectivity index (χ0v) is 21.3. The van der Waals surface area contributed by atoms with Crippen LogP contribution in [0.1, 0.15) is 0 Å². The summed E-state index contributed by atoms with van der Waals surface area (Å²) in [6.45, 7) is 0. The number of aromatic nitrogens is 2. The highest BCUT2D eigenvalue weighted by atomic mass is 32.1. The molecule has 0 fully saturated rings. The SMILES string of the molecule is c1ccc(-c2cc(-n3c4ccccc4c4ccc5c6ccccc6sc5c43)cc(-c3ccccc3)n2)cc1. The maximum absolute atomic E-state index is 5.13. The molecule has 178 valence electrons. The molecule has 0 bridgehead atoms. The standard InChI is InChI=1S/C35H22N2S/c1-3-11-23(12-4-1)30-21-25(22-31(36-30)24-13-5-2-6-14-24)37-32-17-9-7-15-26(32)28-19-20-29-27-16-8-10-18-33(27)38-35(29)34(28)37/h1-22H. The molecule has 3 heteroatoms. The fourth-order valence-corrected chi connectivity index (χ4v) is 6.90. The summed E-state index contributed by atoms with van der Waals surface area (Å²) in [5, 5.41) is 5.17. The Labute approximate surface area is 224 Å². The third kappa shape index (κ3) is 3.22. The number of benzene rings is 5. The summed E-state index contributed by atoms with van der Waals surface area (Å²) >= 11 is 1.88. The molecule has 0 N–H and O–H groups in total. The first kappa shape index (κ1) is 21.4. The van der Waals surface area contributed by atoms with Gasteiger partial charge in [0.1, 0.15) is 0 Å². The third-order valence-corrected chi connectivity index (χ3v) is 8.58. The van der Waals surface area contributed by atoms with Crippen molar-refractivity contribution >= 4 is 53.3 Å². The van der Waals surface area contributed by atoms with Crippen molar-refractivity contribution < 1.29 is 0 Å². The van der Waals surface area contributed by atoms with Crippen LogP contribution in [-0.2, 0) is 0 Å². The predicted molar refractivity (Wildman–Crippen MR) is 162 cm³/mol. The van der Waals surface area contributed by atoms with Gasteiger partial charge >= 0.3 is 0 Å². The Morgan fingerprint density at radius 2 is 1.08 bits per heavy atom. The van der Waals surface area contributed by atoms with E-state index in [1.165, 1.54) is 42.0 Å². The maximum Gasteiger partial charge on any atom is 0.0730 e. The van der Waals surface area contributed by atoms with Gasteiger partial charge in [-0.25, -0.2) is 4.98 Å². The lowest BCUT2D eigenvalue weighted by atomic mass is 10.1. The molecule has 3 aromatic heterocycles. The highest BCUT2D eigenvalue weighted by Gasteiger charge is 2.19. The monoisotopic (exact) mass is 502 g/mol. The van der Waals surface area contributed by atoms with E-state index in [0.29, 0.717) is 0 Å². The largest absolute Gasteiger partial charge is 0.308 e. The predicted octanol–water partition coefficient (Wildman–Crippen LogP) is 9.88. The number of hydrogen-bond acceptors (Lipinski definition) is 2. The Kier molecular flexibility index (Phi) is 4.73. The first-order valence-corrected chi connectivity index (χ1v) is 13.6. The van der Waals surface area contributed by atoms with Crippen molar-refractivity contribution in [2.75, 3.05) is 0 Å². The van der Waals surface area contributed by atoms with E-state index in [0.717, 1.165) is 28.2 Å². The average Bonchev–Trinajstić information content (AvgIpc) is 3.54. The van der Waals surface area contributed by atoms with Crippen LogP contribution in [0.3, 0.4) is 0 Å². The fraction of sp³-hybridized carbons (Fsp3) is 0. The lowest BCUT2D eigenvalue weighted by Crippen LogP contribution is -1.98. The van der Waals surface area contributed by atoms with E-state index in [1.807, 2.05) is 11.3 Å². The van der Waals surface area contributed by atoms with E-state index in [1.54, 1.807) is 0 Å². The zero-order valence-electron chi connectivity index (χ0n) is 20.5. The van der Waals surface area contributed by atoms with E-state index in [4.69, 9.17) is 4.98 Å². The van der Waals surface area contributed by atoms with Gasteiger partial charge in [-0.1, -0.05) is 109 Å².